The molecule has 0 heterocycles. The molecule has 1 aliphatic carbocycles. The van der Waals surface area contributed by atoms with Crippen LogP contribution in [0.2, 0.25) is 0 Å². The number of methoxy groups -OCH3 is 1. The van der Waals surface area contributed by atoms with E-state index in [4.69, 9.17) is 10.5 Å². The van der Waals surface area contributed by atoms with E-state index in [1.165, 1.54) is 12.8 Å². The van der Waals surface area contributed by atoms with Crippen molar-refractivity contribution in [3.8, 4) is 0 Å². The van der Waals surface area contributed by atoms with E-state index >= 15 is 0 Å². The Bertz CT molecular complexity index is 178. The summed E-state index contributed by atoms with van der Waals surface area (Å²) in [6.45, 7) is 6.04. The molecule has 0 bridgehead atoms. The van der Waals surface area contributed by atoms with Crippen molar-refractivity contribution in [2.75, 3.05) is 27.3 Å². The number of nitrogens with zero attached hydrogens (tertiary/aromatic N) is 1. The Morgan fingerprint density at radius 2 is 2.14 bits per heavy atom. The number of nitrogens with two attached hydrogens (primary N) is 1. The highest BCUT2D eigenvalue weighted by molar-refractivity contribution is 5.02. The first-order valence-corrected chi connectivity index (χ1v) is 5.47. The predicted molar refractivity (Wildman–Crippen MR) is 59.3 cm³/mol. The lowest BCUT2D eigenvalue weighted by Gasteiger charge is -2.53. The van der Waals surface area contributed by atoms with Gasteiger partial charge in [-0.15, -0.1) is 0 Å². The second-order valence-corrected chi connectivity index (χ2v) is 4.86. The molecule has 14 heavy (non-hydrogen) atoms. The van der Waals surface area contributed by atoms with Crippen molar-refractivity contribution in [2.24, 2.45) is 11.7 Å². The summed E-state index contributed by atoms with van der Waals surface area (Å²) in [5.41, 5.74) is 6.13. The van der Waals surface area contributed by atoms with Crippen LogP contribution in [0, 0.1) is 5.92 Å². The lowest BCUT2D eigenvalue weighted by molar-refractivity contribution is -0.0359. The van der Waals surface area contributed by atoms with Gasteiger partial charge >= 0.3 is 0 Å². The highest BCUT2D eigenvalue weighted by Crippen LogP contribution is 2.41. The van der Waals surface area contributed by atoms with Crippen molar-refractivity contribution in [3.05, 3.63) is 0 Å². The molecule has 0 saturated heterocycles. The van der Waals surface area contributed by atoms with Crippen LogP contribution in [-0.2, 0) is 4.74 Å². The van der Waals surface area contributed by atoms with Gasteiger partial charge in [0.05, 0.1) is 6.61 Å². The van der Waals surface area contributed by atoms with Gasteiger partial charge in [0.25, 0.3) is 0 Å². The summed E-state index contributed by atoms with van der Waals surface area (Å²) in [5.74, 6) is 0.829. The topological polar surface area (TPSA) is 38.5 Å². The predicted octanol–water partition coefficient (Wildman–Crippen LogP) is 1.08. The van der Waals surface area contributed by atoms with Gasteiger partial charge in [0.1, 0.15) is 0 Å². The Balaban J connectivity index is 2.52. The van der Waals surface area contributed by atoms with Gasteiger partial charge in [0.2, 0.25) is 0 Å². The number of ether oxygens (including phenoxy) is 1. The number of hydrogen-bond acceptors (Lipinski definition) is 3. The standard InChI is InChI=1S/C11H24N2O/c1-9-5-11(6-9,8-12)13(3)10(2)7-14-4/h9-10H,5-8,12H2,1-4H3. The lowest BCUT2D eigenvalue weighted by Crippen LogP contribution is -2.62. The van der Waals surface area contributed by atoms with E-state index in [1.54, 1.807) is 7.11 Å². The fourth-order valence-electron chi connectivity index (χ4n) is 2.66. The quantitative estimate of drug-likeness (QED) is 0.722. The van der Waals surface area contributed by atoms with Crippen molar-refractivity contribution in [2.45, 2.75) is 38.3 Å². The average molecular weight is 200 g/mol. The van der Waals surface area contributed by atoms with Crippen molar-refractivity contribution in [3.63, 3.8) is 0 Å². The van der Waals surface area contributed by atoms with Crippen LogP contribution in [0.1, 0.15) is 26.7 Å². The van der Waals surface area contributed by atoms with Crippen LogP contribution in [0.25, 0.3) is 0 Å². The minimum Gasteiger partial charge on any atom is -0.383 e. The summed E-state index contributed by atoms with van der Waals surface area (Å²) < 4.78 is 5.18. The molecule has 3 heteroatoms. The number of rotatable bonds is 5. The van der Waals surface area contributed by atoms with Crippen molar-refractivity contribution < 1.29 is 4.74 Å². The van der Waals surface area contributed by atoms with Gasteiger partial charge in [-0.3, -0.25) is 4.90 Å². The summed E-state index contributed by atoms with van der Waals surface area (Å²) in [6, 6.07) is 0.455. The third-order valence-corrected chi connectivity index (χ3v) is 3.65. The molecule has 1 atom stereocenters. The zero-order valence-electron chi connectivity index (χ0n) is 9.92. The van der Waals surface area contributed by atoms with Crippen LogP contribution in [0.5, 0.6) is 0 Å². The molecule has 1 rings (SSSR count). The minimum atomic E-state index is 0.247. The van der Waals surface area contributed by atoms with Gasteiger partial charge in [0, 0.05) is 25.2 Å². The van der Waals surface area contributed by atoms with Crippen LogP contribution in [0.15, 0.2) is 0 Å². The first kappa shape index (κ1) is 12.0. The normalized spacial score (nSPS) is 34.3. The molecule has 0 radical (unpaired) electrons. The molecule has 0 amide bonds. The SMILES string of the molecule is COCC(C)N(C)C1(CN)CC(C)C1. The van der Waals surface area contributed by atoms with Gasteiger partial charge < -0.3 is 10.5 Å². The van der Waals surface area contributed by atoms with Crippen LogP contribution in [0.3, 0.4) is 0 Å². The van der Waals surface area contributed by atoms with E-state index in [0.717, 1.165) is 19.1 Å². The van der Waals surface area contributed by atoms with E-state index < -0.39 is 0 Å². The first-order valence-electron chi connectivity index (χ1n) is 5.47. The molecule has 0 aromatic rings. The summed E-state index contributed by atoms with van der Waals surface area (Å²) in [7, 11) is 3.92. The van der Waals surface area contributed by atoms with E-state index in [1.807, 2.05) is 0 Å². The molecular weight excluding hydrogens is 176 g/mol. The average Bonchev–Trinajstić information content (AvgIpc) is 2.12. The maximum atomic E-state index is 5.88. The highest BCUT2D eigenvalue weighted by atomic mass is 16.5. The molecule has 0 spiro atoms. The van der Waals surface area contributed by atoms with Gasteiger partial charge in [-0.1, -0.05) is 6.92 Å². The van der Waals surface area contributed by atoms with Crippen LogP contribution in [-0.4, -0.2) is 43.8 Å². The van der Waals surface area contributed by atoms with Crippen molar-refractivity contribution >= 4 is 0 Å². The molecule has 0 aromatic heterocycles. The zero-order valence-corrected chi connectivity index (χ0v) is 9.92. The Kier molecular flexibility index (Phi) is 3.93. The first-order chi connectivity index (χ1) is 6.55. The third-order valence-electron chi connectivity index (χ3n) is 3.65. The van der Waals surface area contributed by atoms with E-state index in [0.29, 0.717) is 6.04 Å². The van der Waals surface area contributed by atoms with Gasteiger partial charge in [-0.2, -0.15) is 0 Å². The van der Waals surface area contributed by atoms with E-state index in [2.05, 4.69) is 25.8 Å². The Morgan fingerprint density at radius 1 is 1.57 bits per heavy atom. The van der Waals surface area contributed by atoms with Gasteiger partial charge in [0.15, 0.2) is 0 Å². The van der Waals surface area contributed by atoms with E-state index in [-0.39, 0.29) is 5.54 Å². The molecule has 1 unspecified atom stereocenters. The molecule has 0 aliphatic heterocycles. The van der Waals surface area contributed by atoms with Crippen LogP contribution in [0.4, 0.5) is 0 Å². The van der Waals surface area contributed by atoms with Crippen molar-refractivity contribution in [1.82, 2.24) is 4.90 Å². The van der Waals surface area contributed by atoms with Crippen LogP contribution >= 0.6 is 0 Å². The largest absolute Gasteiger partial charge is 0.383 e. The molecule has 2 N–H and O–H groups in total. The van der Waals surface area contributed by atoms with Gasteiger partial charge in [-0.05, 0) is 32.7 Å². The minimum absolute atomic E-state index is 0.247. The fourth-order valence-corrected chi connectivity index (χ4v) is 2.66. The lowest BCUT2D eigenvalue weighted by atomic mass is 9.68. The molecule has 84 valence electrons. The molecular formula is C11H24N2O. The number of likely N-dealkylation sites (N-methyl/N-ethyl adjacent to an activating group) is 1. The van der Waals surface area contributed by atoms with Crippen molar-refractivity contribution in [1.29, 1.82) is 0 Å². The highest BCUT2D eigenvalue weighted by Gasteiger charge is 2.45. The summed E-state index contributed by atoms with van der Waals surface area (Å²) in [5, 5.41) is 0. The second-order valence-electron chi connectivity index (χ2n) is 4.86. The van der Waals surface area contributed by atoms with Gasteiger partial charge in [-0.25, -0.2) is 0 Å². The maximum absolute atomic E-state index is 5.88. The molecule has 0 aromatic carbocycles. The third kappa shape index (κ3) is 2.10. The molecule has 1 saturated carbocycles. The second kappa shape index (κ2) is 4.60. The Morgan fingerprint density at radius 3 is 2.50 bits per heavy atom. The maximum Gasteiger partial charge on any atom is 0.0615 e. The smallest absolute Gasteiger partial charge is 0.0615 e. The monoisotopic (exact) mass is 200 g/mol. The fraction of sp³-hybridized carbons (Fsp3) is 1.00. The number of hydrogen-bond donors (Lipinski definition) is 1. The molecule has 1 aliphatic rings. The molecule has 3 nitrogen and oxygen atoms in total. The summed E-state index contributed by atoms with van der Waals surface area (Å²) in [4.78, 5) is 2.40. The summed E-state index contributed by atoms with van der Waals surface area (Å²) in [6.07, 6.45) is 2.46. The Labute approximate surface area is 87.6 Å². The zero-order chi connectivity index (χ0) is 10.8. The van der Waals surface area contributed by atoms with E-state index in [9.17, 15) is 0 Å². The molecule has 1 fully saturated rings. The van der Waals surface area contributed by atoms with Crippen LogP contribution < -0.4 is 5.73 Å². The Hall–Kier alpha value is -0.120. The summed E-state index contributed by atoms with van der Waals surface area (Å²) >= 11 is 0.